The van der Waals surface area contributed by atoms with Crippen molar-refractivity contribution >= 4 is 61.2 Å². The first kappa shape index (κ1) is 28.4. The summed E-state index contributed by atoms with van der Waals surface area (Å²) in [6.07, 6.45) is 4.40. The summed E-state index contributed by atoms with van der Waals surface area (Å²) >= 11 is 7.61. The molecule has 0 aliphatic carbocycles. The lowest BCUT2D eigenvalue weighted by Gasteiger charge is -2.23. The van der Waals surface area contributed by atoms with Gasteiger partial charge in [-0.05, 0) is 25.5 Å². The number of amides is 3. The van der Waals surface area contributed by atoms with Gasteiger partial charge in [0.25, 0.3) is 0 Å². The SMILES string of the molecule is COS(=O)(=S)CC(=O)NCCCN(CCNC(=O)CSC)CCNC(=O)CSC. The molecule has 0 saturated carbocycles. The van der Waals surface area contributed by atoms with Crippen LogP contribution in [0.3, 0.4) is 0 Å². The Morgan fingerprint density at radius 2 is 1.38 bits per heavy atom. The van der Waals surface area contributed by atoms with Crippen LogP contribution in [0.15, 0.2) is 0 Å². The lowest BCUT2D eigenvalue weighted by molar-refractivity contribution is -0.119. The summed E-state index contributed by atoms with van der Waals surface area (Å²) in [5, 5.41) is 8.38. The Hall–Kier alpha value is -0.600. The molecule has 0 aromatic rings. The molecule has 170 valence electrons. The van der Waals surface area contributed by atoms with E-state index in [0.717, 1.165) is 0 Å². The van der Waals surface area contributed by atoms with Crippen LogP contribution in [0, 0.1) is 0 Å². The fourth-order valence-corrected chi connectivity index (χ4v) is 3.80. The molecule has 0 bridgehead atoms. The highest BCUT2D eigenvalue weighted by atomic mass is 32.8. The molecule has 0 spiro atoms. The van der Waals surface area contributed by atoms with Crippen LogP contribution in [0.1, 0.15) is 6.42 Å². The third kappa shape index (κ3) is 16.8. The first-order valence-corrected chi connectivity index (χ1v) is 14.4. The third-order valence-corrected chi connectivity index (χ3v) is 6.57. The topological polar surface area (TPSA) is 117 Å². The first-order chi connectivity index (χ1) is 13.7. The number of hydrogen-bond acceptors (Lipinski definition) is 9. The van der Waals surface area contributed by atoms with Gasteiger partial charge in [-0.2, -0.15) is 23.5 Å². The highest BCUT2D eigenvalue weighted by Gasteiger charge is 2.12. The molecule has 0 aromatic carbocycles. The van der Waals surface area contributed by atoms with Crippen LogP contribution in [0.5, 0.6) is 0 Å². The second kappa shape index (κ2) is 17.1. The molecular weight excluding hydrogens is 456 g/mol. The van der Waals surface area contributed by atoms with Gasteiger partial charge in [0, 0.05) is 43.9 Å². The number of carbonyl (C=O) groups is 3. The Bertz CT molecular complexity index is 580. The fourth-order valence-electron chi connectivity index (χ4n) is 2.21. The maximum atomic E-state index is 11.7. The largest absolute Gasteiger partial charge is 0.355 e. The molecule has 13 heteroatoms. The molecule has 0 fully saturated rings. The van der Waals surface area contributed by atoms with Crippen molar-refractivity contribution in [2.75, 3.05) is 76.1 Å². The molecule has 0 aliphatic heterocycles. The summed E-state index contributed by atoms with van der Waals surface area (Å²) in [5.41, 5.74) is 0. The molecule has 0 heterocycles. The molecule has 0 radical (unpaired) electrons. The van der Waals surface area contributed by atoms with E-state index < -0.39 is 14.7 Å². The average molecular weight is 489 g/mol. The van der Waals surface area contributed by atoms with Gasteiger partial charge in [0.2, 0.25) is 17.7 Å². The van der Waals surface area contributed by atoms with E-state index in [2.05, 4.69) is 36.2 Å². The van der Waals surface area contributed by atoms with E-state index in [9.17, 15) is 18.6 Å². The minimum Gasteiger partial charge on any atom is -0.355 e. The van der Waals surface area contributed by atoms with Gasteiger partial charge in [0.1, 0.15) is 5.75 Å². The van der Waals surface area contributed by atoms with Gasteiger partial charge in [-0.1, -0.05) is 0 Å². The molecule has 0 aliphatic rings. The predicted molar refractivity (Wildman–Crippen MR) is 124 cm³/mol. The van der Waals surface area contributed by atoms with Crippen LogP contribution < -0.4 is 16.0 Å². The smallest absolute Gasteiger partial charge is 0.235 e. The van der Waals surface area contributed by atoms with Crippen LogP contribution in [0.4, 0.5) is 0 Å². The van der Waals surface area contributed by atoms with E-state index in [0.29, 0.717) is 57.2 Å². The van der Waals surface area contributed by atoms with Crippen molar-refractivity contribution in [3.63, 3.8) is 0 Å². The summed E-state index contributed by atoms with van der Waals surface area (Å²) in [7, 11) is -1.78. The van der Waals surface area contributed by atoms with E-state index >= 15 is 0 Å². The quantitative estimate of drug-likeness (QED) is 0.223. The zero-order valence-electron chi connectivity index (χ0n) is 17.2. The van der Waals surface area contributed by atoms with Crippen molar-refractivity contribution < 1.29 is 22.8 Å². The average Bonchev–Trinajstić information content (AvgIpc) is 2.64. The van der Waals surface area contributed by atoms with Gasteiger partial charge in [-0.3, -0.25) is 23.5 Å². The molecule has 0 saturated heterocycles. The molecule has 9 nitrogen and oxygen atoms in total. The van der Waals surface area contributed by atoms with Gasteiger partial charge in [-0.15, -0.1) is 0 Å². The van der Waals surface area contributed by atoms with Crippen LogP contribution >= 0.6 is 23.5 Å². The second-order valence-corrected chi connectivity index (χ2v) is 11.0. The lowest BCUT2D eigenvalue weighted by Crippen LogP contribution is -2.41. The number of nitrogens with one attached hydrogen (secondary N) is 3. The number of carbonyl (C=O) groups excluding carboxylic acids is 3. The number of nitrogens with zero attached hydrogens (tertiary/aromatic N) is 1. The summed E-state index contributed by atoms with van der Waals surface area (Å²) < 4.78 is 16.2. The Morgan fingerprint density at radius 1 is 0.897 bits per heavy atom. The molecule has 3 amide bonds. The van der Waals surface area contributed by atoms with E-state index in [1.807, 2.05) is 12.5 Å². The zero-order valence-corrected chi connectivity index (χ0v) is 20.5. The van der Waals surface area contributed by atoms with Crippen LogP contribution in [0.25, 0.3) is 0 Å². The van der Waals surface area contributed by atoms with Crippen LogP contribution in [0.2, 0.25) is 0 Å². The van der Waals surface area contributed by atoms with Crippen molar-refractivity contribution in [1.29, 1.82) is 0 Å². The van der Waals surface area contributed by atoms with E-state index in [1.54, 1.807) is 0 Å². The van der Waals surface area contributed by atoms with E-state index in [-0.39, 0.29) is 17.6 Å². The fraction of sp³-hybridized carbons (Fsp3) is 0.812. The number of hydrogen-bond donors (Lipinski definition) is 3. The molecule has 3 N–H and O–H groups in total. The lowest BCUT2D eigenvalue weighted by atomic mass is 10.3. The summed E-state index contributed by atoms with van der Waals surface area (Å²) in [5.74, 6) is 0.0689. The minimum absolute atomic E-state index is 0.0105. The van der Waals surface area contributed by atoms with E-state index in [4.69, 9.17) is 0 Å². The minimum atomic E-state index is -3.00. The second-order valence-electron chi connectivity index (χ2n) is 5.98. The highest BCUT2D eigenvalue weighted by Crippen LogP contribution is 1.94. The summed E-state index contributed by atoms with van der Waals surface area (Å²) in [4.78, 5) is 37.0. The maximum absolute atomic E-state index is 11.7. The Kier molecular flexibility index (Phi) is 16.8. The van der Waals surface area contributed by atoms with Crippen molar-refractivity contribution in [3.8, 4) is 0 Å². The van der Waals surface area contributed by atoms with Gasteiger partial charge < -0.3 is 16.0 Å². The van der Waals surface area contributed by atoms with E-state index in [1.165, 1.54) is 30.6 Å². The number of rotatable bonds is 17. The van der Waals surface area contributed by atoms with Crippen molar-refractivity contribution in [3.05, 3.63) is 0 Å². The van der Waals surface area contributed by atoms with Crippen molar-refractivity contribution in [1.82, 2.24) is 20.9 Å². The Balaban J connectivity index is 4.32. The zero-order chi connectivity index (χ0) is 22.1. The van der Waals surface area contributed by atoms with Gasteiger partial charge >= 0.3 is 0 Å². The molecule has 0 rings (SSSR count). The molecule has 1 unspecified atom stereocenters. The van der Waals surface area contributed by atoms with Crippen molar-refractivity contribution in [2.45, 2.75) is 6.42 Å². The van der Waals surface area contributed by atoms with Gasteiger partial charge in [0.15, 0.2) is 8.77 Å². The monoisotopic (exact) mass is 488 g/mol. The van der Waals surface area contributed by atoms with Crippen LogP contribution in [-0.4, -0.2) is 103 Å². The summed E-state index contributed by atoms with van der Waals surface area (Å²) in [6.45, 7) is 3.37. The third-order valence-electron chi connectivity index (χ3n) is 3.59. The Morgan fingerprint density at radius 3 is 1.83 bits per heavy atom. The standard InChI is InChI=1S/C16H32N4O5S4/c1-25-29(24,26)13-16(23)17-5-4-8-20(9-6-18-14(21)11-27-2)10-7-19-15(22)12-28-3/h4-13H2,1-3H3,(H,17,23)(H,18,21)(H,19,22). The van der Waals surface area contributed by atoms with Gasteiger partial charge in [-0.25, -0.2) is 4.21 Å². The normalized spacial score (nSPS) is 13.0. The molecule has 1 atom stereocenters. The number of thioether (sulfide) groups is 2. The van der Waals surface area contributed by atoms with Crippen molar-refractivity contribution in [2.24, 2.45) is 0 Å². The highest BCUT2D eigenvalue weighted by molar-refractivity contribution is 8.30. The summed E-state index contributed by atoms with van der Waals surface area (Å²) in [6, 6.07) is 0. The van der Waals surface area contributed by atoms with Gasteiger partial charge in [0.05, 0.1) is 18.6 Å². The Labute approximate surface area is 187 Å². The molecule has 0 aromatic heterocycles. The maximum Gasteiger partial charge on any atom is 0.235 e. The molecular formula is C16H32N4O5S4. The van der Waals surface area contributed by atoms with Crippen LogP contribution in [-0.2, 0) is 38.5 Å². The predicted octanol–water partition coefficient (Wildman–Crippen LogP) is -0.939. The first-order valence-electron chi connectivity index (χ1n) is 9.02. The molecule has 29 heavy (non-hydrogen) atoms.